The van der Waals surface area contributed by atoms with Gasteiger partial charge in [-0.15, -0.1) is 0 Å². The Hall–Kier alpha value is -1.95. The lowest BCUT2D eigenvalue weighted by Crippen LogP contribution is -2.38. The van der Waals surface area contributed by atoms with Crippen LogP contribution in [0.5, 0.6) is 11.5 Å². The third-order valence-corrected chi connectivity index (χ3v) is 4.53. The maximum Gasteiger partial charge on any atom is 0.193 e. The van der Waals surface area contributed by atoms with E-state index >= 15 is 0 Å². The van der Waals surface area contributed by atoms with E-state index < -0.39 is 0 Å². The summed E-state index contributed by atoms with van der Waals surface area (Å²) in [5, 5.41) is 3.17. The highest BCUT2D eigenvalue weighted by atomic mass is 16.5. The van der Waals surface area contributed by atoms with Crippen molar-refractivity contribution in [2.24, 2.45) is 16.6 Å². The highest BCUT2D eigenvalue weighted by Crippen LogP contribution is 2.29. The van der Waals surface area contributed by atoms with E-state index in [9.17, 15) is 0 Å². The molecule has 0 bridgehead atoms. The second-order valence-electron chi connectivity index (χ2n) is 6.48. The fourth-order valence-corrected chi connectivity index (χ4v) is 3.08. The van der Waals surface area contributed by atoms with E-state index in [1.165, 1.54) is 0 Å². The van der Waals surface area contributed by atoms with E-state index in [4.69, 9.17) is 15.2 Å². The smallest absolute Gasteiger partial charge is 0.193 e. The molecule has 0 aliphatic carbocycles. The summed E-state index contributed by atoms with van der Waals surface area (Å²) in [5.41, 5.74) is 6.92. The molecule has 6 nitrogen and oxygen atoms in total. The molecule has 1 rings (SSSR count). The molecule has 0 aliphatic rings. The first-order valence-corrected chi connectivity index (χ1v) is 9.59. The monoisotopic (exact) mass is 364 g/mol. The van der Waals surface area contributed by atoms with Gasteiger partial charge in [0.1, 0.15) is 11.5 Å². The Balaban J connectivity index is 2.91. The number of nitrogens with two attached hydrogens (primary N) is 1. The van der Waals surface area contributed by atoms with E-state index in [1.807, 2.05) is 32.0 Å². The molecule has 0 radical (unpaired) electrons. The minimum absolute atomic E-state index is 0.367. The molecular weight excluding hydrogens is 328 g/mol. The number of hydrogen-bond acceptors (Lipinski definition) is 4. The van der Waals surface area contributed by atoms with Crippen molar-refractivity contribution in [2.75, 3.05) is 39.2 Å². The van der Waals surface area contributed by atoms with Crippen molar-refractivity contribution in [3.63, 3.8) is 0 Å². The molecule has 3 N–H and O–H groups in total. The number of benzene rings is 1. The standard InChI is InChI=1S/C20H36N4O2/c1-7-15(8-2)18(24(5)6)14-22-20(21)23-17-13-16(25-9-3)11-12-19(17)26-10-4/h11-13,15,18H,7-10,14H2,1-6H3,(H3,21,22,23). The van der Waals surface area contributed by atoms with Crippen molar-refractivity contribution >= 4 is 11.6 Å². The fraction of sp³-hybridized carbons (Fsp3) is 0.650. The highest BCUT2D eigenvalue weighted by molar-refractivity contribution is 5.94. The molecule has 6 heteroatoms. The van der Waals surface area contributed by atoms with Crippen LogP contribution in [0.25, 0.3) is 0 Å². The van der Waals surface area contributed by atoms with E-state index in [2.05, 4.69) is 43.2 Å². The van der Waals surface area contributed by atoms with Gasteiger partial charge in [0.2, 0.25) is 0 Å². The van der Waals surface area contributed by atoms with E-state index in [0.717, 1.165) is 30.0 Å². The van der Waals surface area contributed by atoms with Crippen molar-refractivity contribution in [1.29, 1.82) is 0 Å². The van der Waals surface area contributed by atoms with Crippen LogP contribution in [0.2, 0.25) is 0 Å². The third kappa shape index (κ3) is 6.75. The summed E-state index contributed by atoms with van der Waals surface area (Å²) in [7, 11) is 4.20. The topological polar surface area (TPSA) is 72.1 Å². The molecule has 0 heterocycles. The van der Waals surface area contributed by atoms with Gasteiger partial charge in [-0.3, -0.25) is 4.99 Å². The Labute approximate surface area is 158 Å². The second kappa shape index (κ2) is 11.6. The first-order chi connectivity index (χ1) is 12.5. The maximum atomic E-state index is 6.15. The van der Waals surface area contributed by atoms with Gasteiger partial charge >= 0.3 is 0 Å². The van der Waals surface area contributed by atoms with Crippen LogP contribution < -0.4 is 20.5 Å². The van der Waals surface area contributed by atoms with Crippen LogP contribution in [0.4, 0.5) is 5.69 Å². The molecular formula is C20H36N4O2. The molecule has 0 spiro atoms. The Morgan fingerprint density at radius 1 is 1.12 bits per heavy atom. The number of hydrogen-bond donors (Lipinski definition) is 2. The molecule has 0 saturated heterocycles. The molecule has 148 valence electrons. The van der Waals surface area contributed by atoms with Gasteiger partial charge in [0, 0.05) is 12.1 Å². The summed E-state index contributed by atoms with van der Waals surface area (Å²) >= 11 is 0. The van der Waals surface area contributed by atoms with Gasteiger partial charge in [-0.25, -0.2) is 0 Å². The molecule has 0 amide bonds. The predicted molar refractivity (Wildman–Crippen MR) is 110 cm³/mol. The number of ether oxygens (including phenoxy) is 2. The average molecular weight is 365 g/mol. The van der Waals surface area contributed by atoms with E-state index in [-0.39, 0.29) is 0 Å². The quantitative estimate of drug-likeness (QED) is 0.464. The van der Waals surface area contributed by atoms with Gasteiger partial charge in [0.15, 0.2) is 5.96 Å². The molecule has 0 aliphatic heterocycles. The minimum atomic E-state index is 0.367. The molecule has 1 unspecified atom stereocenters. The summed E-state index contributed by atoms with van der Waals surface area (Å²) in [6.07, 6.45) is 2.26. The summed E-state index contributed by atoms with van der Waals surface area (Å²) in [4.78, 5) is 6.81. The van der Waals surface area contributed by atoms with E-state index in [1.54, 1.807) is 0 Å². The fourth-order valence-electron chi connectivity index (χ4n) is 3.08. The zero-order valence-electron chi connectivity index (χ0n) is 17.2. The van der Waals surface area contributed by atoms with Crippen LogP contribution in [0.3, 0.4) is 0 Å². The highest BCUT2D eigenvalue weighted by Gasteiger charge is 2.20. The van der Waals surface area contributed by atoms with Gasteiger partial charge in [-0.1, -0.05) is 26.7 Å². The Bertz CT molecular complexity index is 557. The minimum Gasteiger partial charge on any atom is -0.494 e. The van der Waals surface area contributed by atoms with Crippen LogP contribution in [-0.2, 0) is 0 Å². The lowest BCUT2D eigenvalue weighted by Gasteiger charge is -2.30. The number of rotatable bonds is 11. The number of guanidine groups is 1. The summed E-state index contributed by atoms with van der Waals surface area (Å²) in [5.74, 6) is 2.49. The number of nitrogens with one attached hydrogen (secondary N) is 1. The first kappa shape index (κ1) is 22.1. The zero-order valence-corrected chi connectivity index (χ0v) is 17.2. The van der Waals surface area contributed by atoms with Crippen LogP contribution in [0.1, 0.15) is 40.5 Å². The van der Waals surface area contributed by atoms with Crippen LogP contribution in [0, 0.1) is 5.92 Å². The third-order valence-electron chi connectivity index (χ3n) is 4.53. The number of nitrogens with zero attached hydrogens (tertiary/aromatic N) is 2. The van der Waals surface area contributed by atoms with Crippen molar-refractivity contribution in [2.45, 2.75) is 46.6 Å². The van der Waals surface area contributed by atoms with Gasteiger partial charge < -0.3 is 25.4 Å². The summed E-state index contributed by atoms with van der Waals surface area (Å²) < 4.78 is 11.2. The van der Waals surface area contributed by atoms with Gasteiger partial charge in [0.25, 0.3) is 0 Å². The SMILES string of the molecule is CCOc1ccc(OCC)c(NC(N)=NCC(C(CC)CC)N(C)C)c1. The molecule has 1 atom stereocenters. The number of aliphatic imine (C=N–C) groups is 1. The van der Waals surface area contributed by atoms with Gasteiger partial charge in [-0.05, 0) is 46.0 Å². The average Bonchev–Trinajstić information content (AvgIpc) is 2.61. The van der Waals surface area contributed by atoms with Gasteiger partial charge in [-0.2, -0.15) is 0 Å². The van der Waals surface area contributed by atoms with E-state index in [0.29, 0.717) is 37.7 Å². The molecule has 1 aromatic rings. The zero-order chi connectivity index (χ0) is 19.5. The second-order valence-corrected chi connectivity index (χ2v) is 6.48. The maximum absolute atomic E-state index is 6.15. The number of likely N-dealkylation sites (N-methyl/N-ethyl adjacent to an activating group) is 1. The van der Waals surface area contributed by atoms with Gasteiger partial charge in [0.05, 0.1) is 25.4 Å². The van der Waals surface area contributed by atoms with Crippen LogP contribution in [0.15, 0.2) is 23.2 Å². The lowest BCUT2D eigenvalue weighted by molar-refractivity contribution is 0.206. The van der Waals surface area contributed by atoms with Crippen molar-refractivity contribution < 1.29 is 9.47 Å². The normalized spacial score (nSPS) is 13.2. The van der Waals surface area contributed by atoms with Crippen molar-refractivity contribution in [3.05, 3.63) is 18.2 Å². The molecule has 0 saturated carbocycles. The first-order valence-electron chi connectivity index (χ1n) is 9.59. The Morgan fingerprint density at radius 3 is 2.31 bits per heavy atom. The molecule has 0 aromatic heterocycles. The van der Waals surface area contributed by atoms with Crippen LogP contribution >= 0.6 is 0 Å². The van der Waals surface area contributed by atoms with Crippen molar-refractivity contribution in [3.8, 4) is 11.5 Å². The predicted octanol–water partition coefficient (Wildman–Crippen LogP) is 3.58. The molecule has 1 aromatic carbocycles. The molecule has 26 heavy (non-hydrogen) atoms. The summed E-state index contributed by atoms with van der Waals surface area (Å²) in [6, 6.07) is 6.03. The van der Waals surface area contributed by atoms with Crippen LogP contribution in [-0.4, -0.2) is 50.8 Å². The lowest BCUT2D eigenvalue weighted by atomic mass is 9.93. The number of anilines is 1. The largest absolute Gasteiger partial charge is 0.494 e. The summed E-state index contributed by atoms with van der Waals surface area (Å²) in [6.45, 7) is 10.2. The molecule has 0 fully saturated rings. The Morgan fingerprint density at radius 2 is 1.77 bits per heavy atom. The van der Waals surface area contributed by atoms with Crippen molar-refractivity contribution in [1.82, 2.24) is 4.90 Å². The Kier molecular flexibility index (Phi) is 9.88.